The number of fused-ring (bicyclic) bond motifs is 1. The number of aromatic nitrogens is 1. The van der Waals surface area contributed by atoms with Crippen molar-refractivity contribution in [1.29, 1.82) is 0 Å². The largest absolute Gasteiger partial charge is 0.286 e. The lowest BCUT2D eigenvalue weighted by Crippen LogP contribution is -2.25. The Morgan fingerprint density at radius 3 is 2.57 bits per heavy atom. The molecular weight excluding hydrogens is 303 g/mol. The van der Waals surface area contributed by atoms with Crippen molar-refractivity contribution in [3.8, 4) is 0 Å². The van der Waals surface area contributed by atoms with Crippen LogP contribution in [0.1, 0.15) is 36.7 Å². The van der Waals surface area contributed by atoms with Gasteiger partial charge in [-0.1, -0.05) is 49.2 Å². The average molecular weight is 321 g/mol. The lowest BCUT2D eigenvalue weighted by molar-refractivity contribution is 0.161. The minimum Gasteiger partial charge on any atom is -0.286 e. The molecule has 1 aromatic heterocycles. The minimum atomic E-state index is 0.341. The Morgan fingerprint density at radius 2 is 1.90 bits per heavy atom. The fraction of sp³-hybridized carbons (Fsp3) is 0.353. The average Bonchev–Trinajstić information content (AvgIpc) is 2.78. The maximum atomic E-state index is 6.08. The van der Waals surface area contributed by atoms with Gasteiger partial charge in [-0.3, -0.25) is 9.88 Å². The van der Waals surface area contributed by atoms with E-state index in [0.717, 1.165) is 18.1 Å². The summed E-state index contributed by atoms with van der Waals surface area (Å²) in [5.74, 6) is 0.507. The molecule has 1 aliphatic heterocycles. The lowest BCUT2D eigenvalue weighted by atomic mass is 10.00. The van der Waals surface area contributed by atoms with E-state index < -0.39 is 0 Å². The second kappa shape index (κ2) is 5.96. The Bertz CT molecular complexity index is 638. The smallest absolute Gasteiger partial charge is 0.0624 e. The van der Waals surface area contributed by atoms with Crippen LogP contribution in [-0.4, -0.2) is 9.88 Å². The van der Waals surface area contributed by atoms with E-state index in [2.05, 4.69) is 35.9 Å². The Balaban J connectivity index is 1.87. The van der Waals surface area contributed by atoms with Crippen molar-refractivity contribution >= 4 is 23.2 Å². The van der Waals surface area contributed by atoms with Crippen LogP contribution >= 0.6 is 23.2 Å². The molecule has 1 aliphatic rings. The van der Waals surface area contributed by atoms with Crippen LogP contribution in [0.4, 0.5) is 0 Å². The highest BCUT2D eigenvalue weighted by molar-refractivity contribution is 6.30. The van der Waals surface area contributed by atoms with Crippen molar-refractivity contribution in [1.82, 2.24) is 9.88 Å². The number of nitrogens with zero attached hydrogens (tertiary/aromatic N) is 2. The summed E-state index contributed by atoms with van der Waals surface area (Å²) >= 11 is 12.0. The maximum absolute atomic E-state index is 6.08. The molecule has 0 amide bonds. The third kappa shape index (κ3) is 3.08. The van der Waals surface area contributed by atoms with Gasteiger partial charge in [0, 0.05) is 24.3 Å². The molecule has 0 saturated carbocycles. The molecule has 0 radical (unpaired) electrons. The Kier molecular flexibility index (Phi) is 4.21. The molecular formula is C17H18Cl2N2. The second-order valence-electron chi connectivity index (χ2n) is 5.92. The fourth-order valence-corrected chi connectivity index (χ4v) is 3.40. The molecule has 0 saturated heterocycles. The van der Waals surface area contributed by atoms with E-state index in [9.17, 15) is 0 Å². The quantitative estimate of drug-likeness (QED) is 0.782. The van der Waals surface area contributed by atoms with E-state index in [1.165, 1.54) is 16.8 Å². The first-order chi connectivity index (χ1) is 10.0. The molecule has 2 nitrogen and oxygen atoms in total. The molecule has 1 aromatic carbocycles. The van der Waals surface area contributed by atoms with Crippen LogP contribution in [0.5, 0.6) is 0 Å². The van der Waals surface area contributed by atoms with Crippen LogP contribution in [0.2, 0.25) is 10.0 Å². The molecule has 4 heteroatoms. The van der Waals surface area contributed by atoms with Gasteiger partial charge in [-0.15, -0.1) is 0 Å². The Morgan fingerprint density at radius 1 is 1.19 bits per heavy atom. The first-order valence-electron chi connectivity index (χ1n) is 7.17. The minimum absolute atomic E-state index is 0.341. The van der Waals surface area contributed by atoms with Gasteiger partial charge in [-0.2, -0.15) is 0 Å². The summed E-state index contributed by atoms with van der Waals surface area (Å²) in [7, 11) is 0. The number of halogens is 2. The molecule has 0 aliphatic carbocycles. The van der Waals surface area contributed by atoms with E-state index in [4.69, 9.17) is 23.2 Å². The van der Waals surface area contributed by atoms with Gasteiger partial charge in [0.1, 0.15) is 0 Å². The predicted octanol–water partition coefficient (Wildman–Crippen LogP) is 5.10. The van der Waals surface area contributed by atoms with Gasteiger partial charge in [-0.05, 0) is 35.2 Å². The third-order valence-corrected chi connectivity index (χ3v) is 4.40. The molecule has 0 N–H and O–H groups in total. The van der Waals surface area contributed by atoms with Gasteiger partial charge in [0.25, 0.3) is 0 Å². The van der Waals surface area contributed by atoms with E-state index in [1.807, 2.05) is 18.2 Å². The van der Waals surface area contributed by atoms with Gasteiger partial charge in [-0.25, -0.2) is 0 Å². The van der Waals surface area contributed by atoms with E-state index in [-0.39, 0.29) is 0 Å². The van der Waals surface area contributed by atoms with E-state index >= 15 is 0 Å². The van der Waals surface area contributed by atoms with Crippen molar-refractivity contribution < 1.29 is 0 Å². The number of pyridine rings is 1. The molecule has 1 atom stereocenters. The van der Waals surface area contributed by atoms with Crippen LogP contribution in [0.15, 0.2) is 36.5 Å². The number of benzene rings is 1. The molecule has 0 unspecified atom stereocenters. The van der Waals surface area contributed by atoms with Crippen molar-refractivity contribution in [2.45, 2.75) is 33.0 Å². The van der Waals surface area contributed by atoms with Crippen molar-refractivity contribution in [3.05, 3.63) is 63.4 Å². The van der Waals surface area contributed by atoms with Crippen molar-refractivity contribution in [3.63, 3.8) is 0 Å². The molecule has 0 bridgehead atoms. The van der Waals surface area contributed by atoms with E-state index in [1.54, 1.807) is 6.20 Å². The van der Waals surface area contributed by atoms with Crippen LogP contribution in [0.3, 0.4) is 0 Å². The molecule has 0 spiro atoms. The van der Waals surface area contributed by atoms with E-state index in [0.29, 0.717) is 17.0 Å². The Hall–Kier alpha value is -1.09. The second-order valence-corrected chi connectivity index (χ2v) is 6.79. The van der Waals surface area contributed by atoms with Crippen molar-refractivity contribution in [2.75, 3.05) is 0 Å². The molecule has 110 valence electrons. The molecule has 0 fully saturated rings. The van der Waals surface area contributed by atoms with Crippen LogP contribution in [-0.2, 0) is 13.1 Å². The SMILES string of the molecule is CC(C)[C@H]1c2ncc(Cl)cc2CN1Cc1ccc(Cl)cc1. The first-order valence-corrected chi connectivity index (χ1v) is 7.93. The van der Waals surface area contributed by atoms with Gasteiger partial charge in [0.05, 0.1) is 16.8 Å². The summed E-state index contributed by atoms with van der Waals surface area (Å²) in [4.78, 5) is 7.03. The molecule has 2 aromatic rings. The van der Waals surface area contributed by atoms with Crippen LogP contribution < -0.4 is 0 Å². The normalized spacial score (nSPS) is 18.2. The summed E-state index contributed by atoms with van der Waals surface area (Å²) in [5.41, 5.74) is 3.68. The topological polar surface area (TPSA) is 16.1 Å². The monoisotopic (exact) mass is 320 g/mol. The fourth-order valence-electron chi connectivity index (χ4n) is 3.09. The third-order valence-electron chi connectivity index (χ3n) is 3.95. The standard InChI is InChI=1S/C17H18Cl2N2/c1-11(2)17-16-13(7-15(19)8-20-16)10-21(17)9-12-3-5-14(18)6-4-12/h3-8,11,17H,9-10H2,1-2H3/t17-/m0/s1. The van der Waals surface area contributed by atoms with Crippen LogP contribution in [0.25, 0.3) is 0 Å². The maximum Gasteiger partial charge on any atom is 0.0624 e. The highest BCUT2D eigenvalue weighted by atomic mass is 35.5. The first kappa shape index (κ1) is 14.8. The number of rotatable bonds is 3. The highest BCUT2D eigenvalue weighted by Gasteiger charge is 2.33. The van der Waals surface area contributed by atoms with Gasteiger partial charge in [0.15, 0.2) is 0 Å². The van der Waals surface area contributed by atoms with Crippen molar-refractivity contribution in [2.24, 2.45) is 5.92 Å². The molecule has 2 heterocycles. The summed E-state index contributed by atoms with van der Waals surface area (Å²) in [6, 6.07) is 10.4. The molecule has 21 heavy (non-hydrogen) atoms. The highest BCUT2D eigenvalue weighted by Crippen LogP contribution is 2.39. The zero-order valence-corrected chi connectivity index (χ0v) is 13.7. The summed E-state index contributed by atoms with van der Waals surface area (Å²) < 4.78 is 0. The lowest BCUT2D eigenvalue weighted by Gasteiger charge is -2.27. The Labute approximate surface area is 135 Å². The number of hydrogen-bond donors (Lipinski definition) is 0. The zero-order valence-electron chi connectivity index (χ0n) is 12.2. The van der Waals surface area contributed by atoms with Gasteiger partial charge < -0.3 is 0 Å². The summed E-state index contributed by atoms with van der Waals surface area (Å²) in [5, 5.41) is 1.49. The zero-order chi connectivity index (χ0) is 15.0. The van der Waals surface area contributed by atoms with Crippen LogP contribution in [0, 0.1) is 5.92 Å². The van der Waals surface area contributed by atoms with Gasteiger partial charge >= 0.3 is 0 Å². The molecule has 3 rings (SSSR count). The predicted molar refractivity (Wildman–Crippen MR) is 87.5 cm³/mol. The summed E-state index contributed by atoms with van der Waals surface area (Å²) in [6.45, 7) is 6.28. The van der Waals surface area contributed by atoms with Gasteiger partial charge in [0.2, 0.25) is 0 Å². The number of hydrogen-bond acceptors (Lipinski definition) is 2. The summed E-state index contributed by atoms with van der Waals surface area (Å²) in [6.07, 6.45) is 1.75.